The van der Waals surface area contributed by atoms with Gasteiger partial charge >= 0.3 is 0 Å². The Labute approximate surface area is 79.7 Å². The Hall–Kier alpha value is -1.15. The molecular weight excluding hydrogens is 162 g/mol. The van der Waals surface area contributed by atoms with E-state index < -0.39 is 0 Å². The number of aryl methyl sites for hydroxylation is 1. The van der Waals surface area contributed by atoms with Crippen molar-refractivity contribution in [2.24, 2.45) is 5.73 Å². The van der Waals surface area contributed by atoms with Crippen LogP contribution in [0.5, 0.6) is 5.75 Å². The molecule has 1 aromatic rings. The molecule has 0 aliphatic heterocycles. The number of nitrogens with two attached hydrogens (primary N) is 1. The highest BCUT2D eigenvalue weighted by Gasteiger charge is 2.01. The number of hydrogen-bond donors (Lipinski definition) is 1. The molecule has 0 aliphatic carbocycles. The molecule has 0 saturated carbocycles. The van der Waals surface area contributed by atoms with Crippen molar-refractivity contribution in [1.82, 2.24) is 0 Å². The zero-order valence-corrected chi connectivity index (χ0v) is 7.99. The topological polar surface area (TPSA) is 35.2 Å². The second-order valence-electron chi connectivity index (χ2n) is 3.15. The Morgan fingerprint density at radius 1 is 1.38 bits per heavy atom. The van der Waals surface area contributed by atoms with Crippen molar-refractivity contribution in [2.45, 2.75) is 18.9 Å². The van der Waals surface area contributed by atoms with Gasteiger partial charge < -0.3 is 4.74 Å². The maximum Gasteiger partial charge on any atom is 0.144 e. The molecule has 2 heteroatoms. The van der Waals surface area contributed by atoms with Gasteiger partial charge in [-0.3, -0.25) is 5.73 Å². The van der Waals surface area contributed by atoms with Gasteiger partial charge in [-0.05, 0) is 24.1 Å². The summed E-state index contributed by atoms with van der Waals surface area (Å²) in [4.78, 5) is 0. The predicted octanol–water partition coefficient (Wildman–Crippen LogP) is 1.79. The van der Waals surface area contributed by atoms with Crippen LogP contribution in [0.3, 0.4) is 0 Å². The Morgan fingerprint density at radius 3 is 2.46 bits per heavy atom. The van der Waals surface area contributed by atoms with Crippen LogP contribution in [0.1, 0.15) is 12.0 Å². The molecule has 0 spiro atoms. The Balaban J connectivity index is 2.49. The van der Waals surface area contributed by atoms with E-state index in [1.807, 2.05) is 12.1 Å². The largest absolute Gasteiger partial charge is 0.497 e. The van der Waals surface area contributed by atoms with Gasteiger partial charge in [0.2, 0.25) is 0 Å². The van der Waals surface area contributed by atoms with Gasteiger partial charge in [0.1, 0.15) is 11.8 Å². The summed E-state index contributed by atoms with van der Waals surface area (Å²) in [5.74, 6) is 0.891. The maximum atomic E-state index is 5.56. The van der Waals surface area contributed by atoms with Crippen LogP contribution >= 0.6 is 0 Å². The third-order valence-corrected chi connectivity index (χ3v) is 1.96. The molecule has 2 N–H and O–H groups in total. The molecule has 1 unspecified atom stereocenters. The Bertz CT molecular complexity index is 241. The van der Waals surface area contributed by atoms with Crippen molar-refractivity contribution in [3.05, 3.63) is 36.8 Å². The average Bonchev–Trinajstić information content (AvgIpc) is 2.15. The highest BCUT2D eigenvalue weighted by Crippen LogP contribution is 2.12. The van der Waals surface area contributed by atoms with Crippen LogP contribution in [0.2, 0.25) is 0 Å². The van der Waals surface area contributed by atoms with Crippen LogP contribution in [0.15, 0.2) is 24.3 Å². The van der Waals surface area contributed by atoms with Gasteiger partial charge in [-0.2, -0.15) is 0 Å². The fraction of sp³-hybridized carbons (Fsp3) is 0.364. The van der Waals surface area contributed by atoms with Crippen molar-refractivity contribution in [1.29, 1.82) is 0 Å². The first-order valence-electron chi connectivity index (χ1n) is 4.44. The highest BCUT2D eigenvalue weighted by atomic mass is 16.5. The molecule has 1 atom stereocenters. The summed E-state index contributed by atoms with van der Waals surface area (Å²) < 4.78 is 5.06. The average molecular weight is 178 g/mol. The zero-order chi connectivity index (χ0) is 9.68. The molecule has 0 aliphatic rings. The number of methoxy groups -OCH3 is 1. The SMILES string of the molecule is [CH2+]C(N)CCc1ccc(OC)cc1. The van der Waals surface area contributed by atoms with Gasteiger partial charge in [0.25, 0.3) is 0 Å². The molecule has 13 heavy (non-hydrogen) atoms. The first-order valence-corrected chi connectivity index (χ1v) is 4.44. The monoisotopic (exact) mass is 178 g/mol. The molecule has 0 amide bonds. The van der Waals surface area contributed by atoms with E-state index in [4.69, 9.17) is 10.5 Å². The first-order chi connectivity index (χ1) is 6.22. The molecule has 1 rings (SSSR count). The highest BCUT2D eigenvalue weighted by molar-refractivity contribution is 5.27. The van der Waals surface area contributed by atoms with Crippen LogP contribution < -0.4 is 10.5 Å². The van der Waals surface area contributed by atoms with Gasteiger partial charge in [-0.15, -0.1) is 0 Å². The second kappa shape index (κ2) is 4.77. The quantitative estimate of drug-likeness (QED) is 0.713. The van der Waals surface area contributed by atoms with E-state index >= 15 is 0 Å². The molecule has 70 valence electrons. The summed E-state index contributed by atoms with van der Waals surface area (Å²) in [6, 6.07) is 8.07. The Kier molecular flexibility index (Phi) is 3.65. The van der Waals surface area contributed by atoms with Crippen LogP contribution in [-0.2, 0) is 6.42 Å². The fourth-order valence-electron chi connectivity index (χ4n) is 1.14. The molecule has 1 aromatic carbocycles. The number of hydrogen-bond acceptors (Lipinski definition) is 2. The predicted molar refractivity (Wildman–Crippen MR) is 54.6 cm³/mol. The smallest absolute Gasteiger partial charge is 0.144 e. The van der Waals surface area contributed by atoms with Crippen molar-refractivity contribution < 1.29 is 4.74 Å². The minimum absolute atomic E-state index is 0.0297. The van der Waals surface area contributed by atoms with Crippen LogP contribution in [0.25, 0.3) is 0 Å². The van der Waals surface area contributed by atoms with Crippen LogP contribution in [0, 0.1) is 6.92 Å². The standard InChI is InChI=1S/C11H16NO/c1-9(12)3-4-10-5-7-11(13-2)8-6-10/h5-9H,1,3-4,12H2,2H3/q+1. The zero-order valence-electron chi connectivity index (χ0n) is 7.99. The third-order valence-electron chi connectivity index (χ3n) is 1.96. The van der Waals surface area contributed by atoms with Crippen molar-refractivity contribution >= 4 is 0 Å². The van der Waals surface area contributed by atoms with Gasteiger partial charge in [0.15, 0.2) is 0 Å². The van der Waals surface area contributed by atoms with E-state index in [1.54, 1.807) is 7.11 Å². The molecular formula is C11H16NO+. The molecule has 0 radical (unpaired) electrons. The van der Waals surface area contributed by atoms with E-state index in [-0.39, 0.29) is 6.04 Å². The lowest BCUT2D eigenvalue weighted by atomic mass is 10.1. The summed E-state index contributed by atoms with van der Waals surface area (Å²) in [5.41, 5.74) is 6.84. The van der Waals surface area contributed by atoms with Crippen LogP contribution in [0.4, 0.5) is 0 Å². The minimum atomic E-state index is 0.0297. The molecule has 0 heterocycles. The number of rotatable bonds is 4. The molecule has 2 nitrogen and oxygen atoms in total. The van der Waals surface area contributed by atoms with E-state index in [2.05, 4.69) is 19.1 Å². The van der Waals surface area contributed by atoms with Gasteiger partial charge in [-0.25, -0.2) is 0 Å². The third kappa shape index (κ3) is 3.38. The molecule has 0 aromatic heterocycles. The summed E-state index contributed by atoms with van der Waals surface area (Å²) >= 11 is 0. The van der Waals surface area contributed by atoms with Crippen molar-refractivity contribution in [3.8, 4) is 5.75 Å². The molecule has 0 saturated heterocycles. The lowest BCUT2D eigenvalue weighted by molar-refractivity contribution is 0.414. The Morgan fingerprint density at radius 2 is 2.00 bits per heavy atom. The van der Waals surface area contributed by atoms with E-state index in [0.29, 0.717) is 0 Å². The minimum Gasteiger partial charge on any atom is -0.497 e. The summed E-state index contributed by atoms with van der Waals surface area (Å²) in [6.45, 7) is 3.74. The van der Waals surface area contributed by atoms with Crippen molar-refractivity contribution in [2.75, 3.05) is 7.11 Å². The van der Waals surface area contributed by atoms with E-state index in [0.717, 1.165) is 18.6 Å². The van der Waals surface area contributed by atoms with Gasteiger partial charge in [0, 0.05) is 6.42 Å². The molecule has 0 bridgehead atoms. The van der Waals surface area contributed by atoms with E-state index in [1.165, 1.54) is 5.56 Å². The van der Waals surface area contributed by atoms with Crippen LogP contribution in [-0.4, -0.2) is 13.2 Å². The molecule has 0 fully saturated rings. The number of ether oxygens (including phenoxy) is 1. The normalized spacial score (nSPS) is 12.5. The summed E-state index contributed by atoms with van der Waals surface area (Å²) in [5, 5.41) is 0. The fourth-order valence-corrected chi connectivity index (χ4v) is 1.14. The van der Waals surface area contributed by atoms with E-state index in [9.17, 15) is 0 Å². The number of benzene rings is 1. The second-order valence-corrected chi connectivity index (χ2v) is 3.15. The van der Waals surface area contributed by atoms with Crippen molar-refractivity contribution in [3.63, 3.8) is 0 Å². The first kappa shape index (κ1) is 9.93. The lowest BCUT2D eigenvalue weighted by Gasteiger charge is -2.02. The summed E-state index contributed by atoms with van der Waals surface area (Å²) in [6.07, 6.45) is 1.90. The van der Waals surface area contributed by atoms with Gasteiger partial charge in [-0.1, -0.05) is 12.1 Å². The maximum absolute atomic E-state index is 5.56. The lowest BCUT2D eigenvalue weighted by Crippen LogP contribution is -2.15. The van der Waals surface area contributed by atoms with Gasteiger partial charge in [0.05, 0.1) is 14.0 Å². The summed E-state index contributed by atoms with van der Waals surface area (Å²) in [7, 11) is 1.67.